The van der Waals surface area contributed by atoms with E-state index in [0.717, 1.165) is 28.2 Å². The number of aromatic hydroxyl groups is 1. The zero-order chi connectivity index (χ0) is 23.7. The number of hydrogen-bond acceptors (Lipinski definition) is 11. The van der Waals surface area contributed by atoms with Crippen LogP contribution in [0.15, 0.2) is 30.6 Å². The van der Waals surface area contributed by atoms with Crippen LogP contribution in [0.3, 0.4) is 0 Å². The van der Waals surface area contributed by atoms with Gasteiger partial charge in [-0.25, -0.2) is 14.6 Å². The molecule has 0 bridgehead atoms. The van der Waals surface area contributed by atoms with Crippen molar-refractivity contribution < 1.29 is 38.4 Å². The summed E-state index contributed by atoms with van der Waals surface area (Å²) in [5, 5.41) is 10.8. The van der Waals surface area contributed by atoms with Crippen LogP contribution in [0.25, 0.3) is 16.0 Å². The third-order valence-electron chi connectivity index (χ3n) is 4.62. The van der Waals surface area contributed by atoms with Gasteiger partial charge >= 0.3 is 11.9 Å². The average Bonchev–Trinajstić information content (AvgIpc) is 3.53. The maximum absolute atomic E-state index is 12.4. The second-order valence-electron chi connectivity index (χ2n) is 6.45. The molecule has 4 rings (SSSR count). The molecule has 172 valence electrons. The molecular formula is C21H18N2O8S2. The van der Waals surface area contributed by atoms with Gasteiger partial charge in [-0.3, -0.25) is 4.57 Å². The van der Waals surface area contributed by atoms with Crippen molar-refractivity contribution >= 4 is 45.6 Å². The number of fused-ring (bicyclic) bond motifs is 1. The second kappa shape index (κ2) is 9.00. The number of carbonyl (C=O) groups is 2. The Bertz CT molecular complexity index is 1350. The largest absolute Gasteiger partial charge is 0.506 e. The van der Waals surface area contributed by atoms with Crippen molar-refractivity contribution in [3.8, 4) is 33.1 Å². The molecule has 0 radical (unpaired) electrons. The van der Waals surface area contributed by atoms with Gasteiger partial charge in [0, 0.05) is 24.3 Å². The number of ether oxygens (including phenoxy) is 5. The molecule has 0 unspecified atom stereocenters. The molecule has 33 heavy (non-hydrogen) atoms. The average molecular weight is 491 g/mol. The van der Waals surface area contributed by atoms with Gasteiger partial charge in [0.1, 0.15) is 17.1 Å². The zero-order valence-corrected chi connectivity index (χ0v) is 19.5. The third-order valence-corrected chi connectivity index (χ3v) is 6.69. The van der Waals surface area contributed by atoms with Gasteiger partial charge < -0.3 is 28.8 Å². The molecule has 0 spiro atoms. The van der Waals surface area contributed by atoms with Gasteiger partial charge in [-0.05, 0) is 0 Å². The molecule has 1 N–H and O–H groups in total. The number of benzene rings is 1. The fraction of sp³-hybridized carbons (Fsp3) is 0.190. The molecule has 0 aliphatic rings. The molecule has 0 amide bonds. The third kappa shape index (κ3) is 4.05. The Hall–Kier alpha value is -3.77. The van der Waals surface area contributed by atoms with Crippen LogP contribution in [0, 0.1) is 0 Å². The lowest BCUT2D eigenvalue weighted by molar-refractivity contribution is 0.0594. The summed E-state index contributed by atoms with van der Waals surface area (Å²) in [5.41, 5.74) is 1.38. The zero-order valence-electron chi connectivity index (χ0n) is 17.9. The highest BCUT2D eigenvalue weighted by molar-refractivity contribution is 7.17. The molecule has 4 aromatic rings. The fourth-order valence-corrected chi connectivity index (χ4v) is 4.88. The van der Waals surface area contributed by atoms with Crippen molar-refractivity contribution in [3.63, 3.8) is 0 Å². The fourth-order valence-electron chi connectivity index (χ4n) is 3.06. The van der Waals surface area contributed by atoms with E-state index in [1.807, 2.05) is 0 Å². The molecule has 3 aromatic heterocycles. The number of carbonyl (C=O) groups excluding carboxylic acids is 2. The summed E-state index contributed by atoms with van der Waals surface area (Å²) in [4.78, 5) is 28.8. The Kier molecular flexibility index (Phi) is 6.11. The quantitative estimate of drug-likeness (QED) is 0.380. The van der Waals surface area contributed by atoms with Crippen molar-refractivity contribution in [1.29, 1.82) is 0 Å². The summed E-state index contributed by atoms with van der Waals surface area (Å²) in [6, 6.07) is 6.45. The summed E-state index contributed by atoms with van der Waals surface area (Å²) in [5.74, 6) is -0.308. The molecule has 0 aliphatic heterocycles. The molecular weight excluding hydrogens is 472 g/mol. The Morgan fingerprint density at radius 1 is 0.879 bits per heavy atom. The Labute approximate surface area is 195 Å². The van der Waals surface area contributed by atoms with Crippen LogP contribution in [0.1, 0.15) is 19.3 Å². The SMILES string of the molecule is COC(=O)c1sc(Oc2cc(-n3cnc4cc(OC)c(OC)cc43)sc2C(=O)OC)cc1O. The van der Waals surface area contributed by atoms with Crippen LogP contribution < -0.4 is 14.2 Å². The highest BCUT2D eigenvalue weighted by Crippen LogP contribution is 2.42. The highest BCUT2D eigenvalue weighted by atomic mass is 32.1. The predicted molar refractivity (Wildman–Crippen MR) is 121 cm³/mol. The Morgan fingerprint density at radius 3 is 2.21 bits per heavy atom. The van der Waals surface area contributed by atoms with Gasteiger partial charge in [0.15, 0.2) is 32.1 Å². The normalized spacial score (nSPS) is 10.8. The maximum atomic E-state index is 12.4. The van der Waals surface area contributed by atoms with Crippen molar-refractivity contribution in [1.82, 2.24) is 9.55 Å². The minimum atomic E-state index is -0.694. The summed E-state index contributed by atoms with van der Waals surface area (Å²) in [7, 11) is 5.56. The molecule has 1 aromatic carbocycles. The number of aromatic nitrogens is 2. The first-order chi connectivity index (χ1) is 15.9. The first kappa shape index (κ1) is 22.4. The lowest BCUT2D eigenvalue weighted by Gasteiger charge is -2.08. The number of rotatable bonds is 7. The number of thiophene rings is 2. The van der Waals surface area contributed by atoms with Crippen LogP contribution in [-0.2, 0) is 9.47 Å². The van der Waals surface area contributed by atoms with Crippen LogP contribution in [0.5, 0.6) is 28.1 Å². The number of esters is 2. The van der Waals surface area contributed by atoms with E-state index in [1.165, 1.54) is 27.4 Å². The Balaban J connectivity index is 1.78. The smallest absolute Gasteiger partial charge is 0.352 e. The number of hydrogen-bond donors (Lipinski definition) is 1. The van der Waals surface area contributed by atoms with Crippen LogP contribution in [0.4, 0.5) is 0 Å². The van der Waals surface area contributed by atoms with Crippen LogP contribution in [0.2, 0.25) is 0 Å². The molecule has 0 aliphatic carbocycles. The second-order valence-corrected chi connectivity index (χ2v) is 8.50. The minimum absolute atomic E-state index is 0.00998. The number of imidazole rings is 1. The monoisotopic (exact) mass is 490 g/mol. The molecule has 0 fully saturated rings. The molecule has 3 heterocycles. The van der Waals surface area contributed by atoms with Gasteiger partial charge in [-0.2, -0.15) is 0 Å². The highest BCUT2D eigenvalue weighted by Gasteiger charge is 2.24. The van der Waals surface area contributed by atoms with Crippen molar-refractivity contribution in [2.75, 3.05) is 28.4 Å². The molecule has 0 saturated carbocycles. The standard InChI is InChI=1S/C21H18N2O8S2/c1-27-13-5-10-11(6-14(13)28-2)23(9-22-10)16-8-15(19(32-16)21(26)30-4)31-17-7-12(24)18(33-17)20(25)29-3/h5-9,24H,1-4H3. The minimum Gasteiger partial charge on any atom is -0.506 e. The van der Waals surface area contributed by atoms with Crippen molar-refractivity contribution in [2.45, 2.75) is 0 Å². The van der Waals surface area contributed by atoms with E-state index in [2.05, 4.69) is 9.72 Å². The van der Waals surface area contributed by atoms with E-state index >= 15 is 0 Å². The van der Waals surface area contributed by atoms with Crippen molar-refractivity contribution in [3.05, 3.63) is 40.3 Å². The molecule has 0 saturated heterocycles. The summed E-state index contributed by atoms with van der Waals surface area (Å²) in [6.45, 7) is 0. The van der Waals surface area contributed by atoms with Gasteiger partial charge in [-0.15, -0.1) is 11.3 Å². The van der Waals surface area contributed by atoms with E-state index < -0.39 is 11.9 Å². The van der Waals surface area contributed by atoms with E-state index in [9.17, 15) is 14.7 Å². The first-order valence-corrected chi connectivity index (χ1v) is 10.9. The van der Waals surface area contributed by atoms with Crippen molar-refractivity contribution in [2.24, 2.45) is 0 Å². The molecule has 12 heteroatoms. The summed E-state index contributed by atoms with van der Waals surface area (Å²) < 4.78 is 27.9. The summed E-state index contributed by atoms with van der Waals surface area (Å²) >= 11 is 2.02. The maximum Gasteiger partial charge on any atom is 0.352 e. The van der Waals surface area contributed by atoms with E-state index in [-0.39, 0.29) is 26.3 Å². The number of nitrogens with zero attached hydrogens (tertiary/aromatic N) is 2. The lowest BCUT2D eigenvalue weighted by atomic mass is 10.2. The van der Waals surface area contributed by atoms with Crippen LogP contribution in [-0.4, -0.2) is 55.0 Å². The summed E-state index contributed by atoms with van der Waals surface area (Å²) in [6.07, 6.45) is 1.60. The van der Waals surface area contributed by atoms with Gasteiger partial charge in [0.2, 0.25) is 0 Å². The molecule has 10 nitrogen and oxygen atoms in total. The number of methoxy groups -OCH3 is 4. The van der Waals surface area contributed by atoms with E-state index in [0.29, 0.717) is 22.0 Å². The lowest BCUT2D eigenvalue weighted by Crippen LogP contribution is -1.99. The van der Waals surface area contributed by atoms with Gasteiger partial charge in [-0.1, -0.05) is 11.3 Å². The first-order valence-electron chi connectivity index (χ1n) is 9.30. The Morgan fingerprint density at radius 2 is 1.55 bits per heavy atom. The topological polar surface area (TPSA) is 118 Å². The van der Waals surface area contributed by atoms with Crippen LogP contribution >= 0.6 is 22.7 Å². The van der Waals surface area contributed by atoms with E-state index in [4.69, 9.17) is 18.9 Å². The van der Waals surface area contributed by atoms with Gasteiger partial charge in [0.25, 0.3) is 0 Å². The predicted octanol–water partition coefficient (Wildman–Crippen LogP) is 4.24. The molecule has 0 atom stereocenters. The van der Waals surface area contributed by atoms with Gasteiger partial charge in [0.05, 0.1) is 39.5 Å². The van der Waals surface area contributed by atoms with E-state index in [1.54, 1.807) is 36.2 Å².